The predicted molar refractivity (Wildman–Crippen MR) is 85.6 cm³/mol. The zero-order chi connectivity index (χ0) is 15.4. The van der Waals surface area contributed by atoms with Crippen LogP contribution in [0.15, 0.2) is 40.9 Å². The van der Waals surface area contributed by atoms with Crippen LogP contribution in [0.25, 0.3) is 0 Å². The van der Waals surface area contributed by atoms with Crippen LogP contribution in [0, 0.1) is 12.7 Å². The topological polar surface area (TPSA) is 47.3 Å². The number of hydrogen-bond acceptors (Lipinski definition) is 3. The van der Waals surface area contributed by atoms with Gasteiger partial charge in [0, 0.05) is 10.5 Å². The maximum Gasteiger partial charge on any atom is 0.124 e. The number of hydrogen-bond donors (Lipinski definition) is 2. The van der Waals surface area contributed by atoms with Gasteiger partial charge in [0.15, 0.2) is 0 Å². The van der Waals surface area contributed by atoms with Crippen molar-refractivity contribution in [3.05, 3.63) is 63.4 Å². The van der Waals surface area contributed by atoms with E-state index in [0.29, 0.717) is 6.42 Å². The summed E-state index contributed by atoms with van der Waals surface area (Å²) in [5, 5.41) is 0. The molecule has 0 amide bonds. The van der Waals surface area contributed by atoms with Crippen molar-refractivity contribution in [1.82, 2.24) is 5.43 Å². The molecule has 0 aliphatic carbocycles. The Balaban J connectivity index is 2.25. The van der Waals surface area contributed by atoms with Gasteiger partial charge in [-0.2, -0.15) is 0 Å². The van der Waals surface area contributed by atoms with Gasteiger partial charge in [-0.3, -0.25) is 11.3 Å². The van der Waals surface area contributed by atoms with E-state index >= 15 is 0 Å². The minimum absolute atomic E-state index is 0.0942. The highest BCUT2D eigenvalue weighted by Gasteiger charge is 2.13. The molecular weight excluding hydrogens is 335 g/mol. The lowest BCUT2D eigenvalue weighted by Crippen LogP contribution is -2.29. The first kappa shape index (κ1) is 15.9. The molecule has 0 heterocycles. The van der Waals surface area contributed by atoms with E-state index in [9.17, 15) is 4.39 Å². The molecule has 2 aromatic rings. The maximum atomic E-state index is 13.4. The summed E-state index contributed by atoms with van der Waals surface area (Å²) in [6.45, 7) is 1.98. The standard InChI is InChI=1S/C16H18BrFN2O/c1-10-5-12(3-4-16(10)21-2)15(20-19)8-11-6-13(17)9-14(18)7-11/h3-7,9,15,20H,8,19H2,1-2H3. The highest BCUT2D eigenvalue weighted by atomic mass is 79.9. The van der Waals surface area contributed by atoms with Crippen molar-refractivity contribution in [2.24, 2.45) is 5.84 Å². The van der Waals surface area contributed by atoms with Crippen LogP contribution in [0.2, 0.25) is 0 Å². The Morgan fingerprint density at radius 1 is 1.29 bits per heavy atom. The number of nitrogens with two attached hydrogens (primary N) is 1. The Bertz CT molecular complexity index is 613. The summed E-state index contributed by atoms with van der Waals surface area (Å²) in [4.78, 5) is 0. The van der Waals surface area contributed by atoms with Gasteiger partial charge in [-0.1, -0.05) is 28.1 Å². The van der Waals surface area contributed by atoms with Crippen molar-refractivity contribution in [1.29, 1.82) is 0 Å². The molecule has 112 valence electrons. The van der Waals surface area contributed by atoms with E-state index in [1.54, 1.807) is 7.11 Å². The van der Waals surface area contributed by atoms with E-state index < -0.39 is 0 Å². The van der Waals surface area contributed by atoms with Crippen molar-refractivity contribution in [3.8, 4) is 5.75 Å². The smallest absolute Gasteiger partial charge is 0.124 e. The molecule has 3 nitrogen and oxygen atoms in total. The second-order valence-corrected chi connectivity index (χ2v) is 5.85. The number of methoxy groups -OCH3 is 1. The number of hydrazine groups is 1. The molecule has 0 aliphatic heterocycles. The molecule has 2 aromatic carbocycles. The van der Waals surface area contributed by atoms with Gasteiger partial charge < -0.3 is 4.74 Å². The van der Waals surface area contributed by atoms with Gasteiger partial charge in [0.1, 0.15) is 11.6 Å². The van der Waals surface area contributed by atoms with E-state index in [-0.39, 0.29) is 11.9 Å². The Morgan fingerprint density at radius 2 is 2.05 bits per heavy atom. The van der Waals surface area contributed by atoms with E-state index in [0.717, 1.165) is 26.9 Å². The van der Waals surface area contributed by atoms with Gasteiger partial charge in [0.25, 0.3) is 0 Å². The number of nitrogens with one attached hydrogen (secondary N) is 1. The molecule has 1 atom stereocenters. The average Bonchev–Trinajstić information content (AvgIpc) is 2.43. The summed E-state index contributed by atoms with van der Waals surface area (Å²) in [6, 6.07) is 10.7. The van der Waals surface area contributed by atoms with Crippen LogP contribution in [0.3, 0.4) is 0 Å². The van der Waals surface area contributed by atoms with Crippen LogP contribution in [0.4, 0.5) is 4.39 Å². The second-order valence-electron chi connectivity index (χ2n) is 4.93. The molecular formula is C16H18BrFN2O. The predicted octanol–water partition coefficient (Wildman–Crippen LogP) is 3.65. The Labute approximate surface area is 132 Å². The molecule has 1 unspecified atom stereocenters. The van der Waals surface area contributed by atoms with Crippen LogP contribution in [-0.4, -0.2) is 7.11 Å². The minimum atomic E-state index is -0.263. The van der Waals surface area contributed by atoms with Gasteiger partial charge in [-0.25, -0.2) is 4.39 Å². The van der Waals surface area contributed by atoms with Crippen LogP contribution in [0.1, 0.15) is 22.7 Å². The number of aryl methyl sites for hydroxylation is 1. The van der Waals surface area contributed by atoms with E-state index in [4.69, 9.17) is 10.6 Å². The third-order valence-electron chi connectivity index (χ3n) is 3.38. The Morgan fingerprint density at radius 3 is 2.62 bits per heavy atom. The number of benzene rings is 2. The third-order valence-corrected chi connectivity index (χ3v) is 3.84. The number of halogens is 2. The fourth-order valence-corrected chi connectivity index (χ4v) is 2.87. The molecule has 0 radical (unpaired) electrons. The summed E-state index contributed by atoms with van der Waals surface area (Å²) in [7, 11) is 1.64. The van der Waals surface area contributed by atoms with Crippen molar-refractivity contribution < 1.29 is 9.13 Å². The molecule has 0 fully saturated rings. The zero-order valence-electron chi connectivity index (χ0n) is 12.0. The van der Waals surface area contributed by atoms with Gasteiger partial charge >= 0.3 is 0 Å². The maximum absolute atomic E-state index is 13.4. The lowest BCUT2D eigenvalue weighted by Gasteiger charge is -2.18. The first-order valence-corrected chi connectivity index (χ1v) is 7.38. The van der Waals surface area contributed by atoms with Gasteiger partial charge in [0.2, 0.25) is 0 Å². The van der Waals surface area contributed by atoms with E-state index in [2.05, 4.69) is 21.4 Å². The first-order valence-electron chi connectivity index (χ1n) is 6.59. The SMILES string of the molecule is COc1ccc(C(Cc2cc(F)cc(Br)c2)NN)cc1C. The van der Waals surface area contributed by atoms with Gasteiger partial charge in [-0.05, 0) is 54.3 Å². The average molecular weight is 353 g/mol. The monoisotopic (exact) mass is 352 g/mol. The quantitative estimate of drug-likeness (QED) is 0.637. The first-order chi connectivity index (χ1) is 10.0. The molecule has 0 spiro atoms. The van der Waals surface area contributed by atoms with Gasteiger partial charge in [0.05, 0.1) is 7.11 Å². The summed E-state index contributed by atoms with van der Waals surface area (Å²) in [5.74, 6) is 6.24. The van der Waals surface area contributed by atoms with E-state index in [1.807, 2.05) is 31.2 Å². The normalized spacial score (nSPS) is 12.2. The molecule has 5 heteroatoms. The molecule has 0 aliphatic rings. The van der Waals surface area contributed by atoms with Crippen molar-refractivity contribution in [3.63, 3.8) is 0 Å². The highest BCUT2D eigenvalue weighted by molar-refractivity contribution is 9.10. The second kappa shape index (κ2) is 7.02. The molecule has 21 heavy (non-hydrogen) atoms. The Kier molecular flexibility index (Phi) is 5.33. The summed E-state index contributed by atoms with van der Waals surface area (Å²) < 4.78 is 19.4. The summed E-state index contributed by atoms with van der Waals surface area (Å²) in [6.07, 6.45) is 0.596. The third kappa shape index (κ3) is 4.03. The largest absolute Gasteiger partial charge is 0.496 e. The van der Waals surface area contributed by atoms with E-state index in [1.165, 1.54) is 12.1 Å². The van der Waals surface area contributed by atoms with Crippen LogP contribution in [-0.2, 0) is 6.42 Å². The van der Waals surface area contributed by atoms with Crippen molar-refractivity contribution in [2.45, 2.75) is 19.4 Å². The molecule has 2 rings (SSSR count). The fourth-order valence-electron chi connectivity index (χ4n) is 2.36. The summed E-state index contributed by atoms with van der Waals surface area (Å²) >= 11 is 3.30. The number of rotatable bonds is 5. The lowest BCUT2D eigenvalue weighted by atomic mass is 9.97. The zero-order valence-corrected chi connectivity index (χ0v) is 13.6. The fraction of sp³-hybridized carbons (Fsp3) is 0.250. The molecule has 0 saturated heterocycles. The minimum Gasteiger partial charge on any atom is -0.496 e. The van der Waals surface area contributed by atoms with Crippen LogP contribution in [0.5, 0.6) is 5.75 Å². The molecule has 0 bridgehead atoms. The summed E-state index contributed by atoms with van der Waals surface area (Å²) in [5.41, 5.74) is 5.74. The molecule has 0 saturated carbocycles. The van der Waals surface area contributed by atoms with Crippen molar-refractivity contribution in [2.75, 3.05) is 7.11 Å². The van der Waals surface area contributed by atoms with Crippen LogP contribution >= 0.6 is 15.9 Å². The highest BCUT2D eigenvalue weighted by Crippen LogP contribution is 2.25. The Hall–Kier alpha value is -1.43. The lowest BCUT2D eigenvalue weighted by molar-refractivity contribution is 0.411. The molecule has 0 aromatic heterocycles. The van der Waals surface area contributed by atoms with Crippen molar-refractivity contribution >= 4 is 15.9 Å². The molecule has 3 N–H and O–H groups in total. The van der Waals surface area contributed by atoms with Gasteiger partial charge in [-0.15, -0.1) is 0 Å². The number of ether oxygens (including phenoxy) is 1. The van der Waals surface area contributed by atoms with Crippen LogP contribution < -0.4 is 16.0 Å².